The Kier molecular flexibility index (Phi) is 2.56. The van der Waals surface area contributed by atoms with E-state index in [4.69, 9.17) is 0 Å². The molecule has 0 atom stereocenters. The minimum absolute atomic E-state index is 0.0403. The van der Waals surface area contributed by atoms with Crippen LogP contribution < -0.4 is 5.32 Å². The molecule has 2 fully saturated rings. The largest absolute Gasteiger partial charge is 0.336 e. The predicted octanol–water partition coefficient (Wildman–Crippen LogP) is -0.457. The molecule has 2 saturated heterocycles. The number of nitrogens with one attached hydrogen (secondary N) is 1. The topological polar surface area (TPSA) is 52.7 Å². The highest BCUT2D eigenvalue weighted by atomic mass is 16.2. The van der Waals surface area contributed by atoms with Gasteiger partial charge in [-0.15, -0.1) is 0 Å². The fourth-order valence-electron chi connectivity index (χ4n) is 2.10. The third-order valence-corrected chi connectivity index (χ3v) is 2.92. The van der Waals surface area contributed by atoms with Crippen molar-refractivity contribution in [2.24, 2.45) is 0 Å². The molecule has 5 heteroatoms. The van der Waals surface area contributed by atoms with Crippen LogP contribution in [-0.2, 0) is 4.79 Å². The van der Waals surface area contributed by atoms with Gasteiger partial charge in [-0.25, -0.2) is 4.79 Å². The van der Waals surface area contributed by atoms with Gasteiger partial charge in [-0.2, -0.15) is 0 Å². The number of amides is 3. The molecule has 0 aromatic heterocycles. The number of hydrogen-bond donors (Lipinski definition) is 1. The van der Waals surface area contributed by atoms with Crippen molar-refractivity contribution in [2.45, 2.75) is 18.9 Å². The van der Waals surface area contributed by atoms with Crippen molar-refractivity contribution in [1.29, 1.82) is 0 Å². The number of urea groups is 1. The van der Waals surface area contributed by atoms with Crippen molar-refractivity contribution in [2.75, 3.05) is 26.2 Å². The lowest BCUT2D eigenvalue weighted by Gasteiger charge is -2.33. The van der Waals surface area contributed by atoms with E-state index >= 15 is 0 Å². The van der Waals surface area contributed by atoms with Gasteiger partial charge in [0.25, 0.3) is 0 Å². The summed E-state index contributed by atoms with van der Waals surface area (Å²) in [6.45, 7) is 2.99. The molecule has 2 aliphatic heterocycles. The summed E-state index contributed by atoms with van der Waals surface area (Å²) >= 11 is 0. The van der Waals surface area contributed by atoms with E-state index < -0.39 is 0 Å². The molecule has 0 aromatic rings. The Labute approximate surface area is 83.0 Å². The quantitative estimate of drug-likeness (QED) is 0.650. The first kappa shape index (κ1) is 9.30. The maximum absolute atomic E-state index is 11.3. The zero-order valence-electron chi connectivity index (χ0n) is 8.03. The summed E-state index contributed by atoms with van der Waals surface area (Å²) in [4.78, 5) is 25.2. The summed E-state index contributed by atoms with van der Waals surface area (Å²) in [5, 5.41) is 2.79. The molecule has 1 N–H and O–H groups in total. The van der Waals surface area contributed by atoms with Crippen LogP contribution in [0.4, 0.5) is 4.79 Å². The second kappa shape index (κ2) is 3.86. The highest BCUT2D eigenvalue weighted by Crippen LogP contribution is 2.17. The molecule has 14 heavy (non-hydrogen) atoms. The van der Waals surface area contributed by atoms with Crippen molar-refractivity contribution >= 4 is 12.4 Å². The second-order valence-corrected chi connectivity index (χ2v) is 3.73. The first-order chi connectivity index (χ1) is 6.81. The summed E-state index contributed by atoms with van der Waals surface area (Å²) < 4.78 is 0. The number of likely N-dealkylation sites (tertiary alicyclic amines) is 1. The molecule has 0 spiro atoms. The minimum Gasteiger partial charge on any atom is -0.336 e. The van der Waals surface area contributed by atoms with Crippen molar-refractivity contribution in [1.82, 2.24) is 15.1 Å². The lowest BCUT2D eigenvalue weighted by Crippen LogP contribution is -2.45. The average Bonchev–Trinajstić information content (AvgIpc) is 2.65. The molecular formula is C9H14N3O2. The van der Waals surface area contributed by atoms with E-state index in [9.17, 15) is 9.59 Å². The Morgan fingerprint density at radius 1 is 1.29 bits per heavy atom. The maximum Gasteiger partial charge on any atom is 0.317 e. The lowest BCUT2D eigenvalue weighted by atomic mass is 10.0. The van der Waals surface area contributed by atoms with Gasteiger partial charge in [-0.3, -0.25) is 4.79 Å². The molecule has 2 aliphatic rings. The zero-order valence-corrected chi connectivity index (χ0v) is 8.03. The van der Waals surface area contributed by atoms with Crippen LogP contribution in [-0.4, -0.2) is 54.5 Å². The number of hydrogen-bond acceptors (Lipinski definition) is 2. The molecule has 0 aromatic carbocycles. The first-order valence-corrected chi connectivity index (χ1v) is 4.98. The normalized spacial score (nSPS) is 23.9. The Morgan fingerprint density at radius 3 is 2.50 bits per heavy atom. The Balaban J connectivity index is 1.88. The van der Waals surface area contributed by atoms with Crippen LogP contribution in [0, 0.1) is 0 Å². The van der Waals surface area contributed by atoms with Crippen LogP contribution in [0.25, 0.3) is 0 Å². The van der Waals surface area contributed by atoms with Crippen molar-refractivity contribution in [3.05, 3.63) is 0 Å². The molecule has 2 rings (SSSR count). The standard InChI is InChI=1S/C9H14N3O2/c13-7-11-4-1-8(2-5-11)12-6-3-10-9(12)14/h8H,1-6H2,(H,10,14). The van der Waals surface area contributed by atoms with Crippen molar-refractivity contribution < 1.29 is 9.59 Å². The SMILES string of the molecule is O=[C]N1CCC(N2CCNC2=O)CC1. The Hall–Kier alpha value is -1.26. The molecule has 1 radical (unpaired) electrons. The van der Waals surface area contributed by atoms with Crippen molar-refractivity contribution in [3.8, 4) is 0 Å². The Morgan fingerprint density at radius 2 is 2.00 bits per heavy atom. The molecule has 3 amide bonds. The molecule has 5 nitrogen and oxygen atoms in total. The molecule has 2 heterocycles. The third kappa shape index (κ3) is 1.66. The maximum atomic E-state index is 11.3. The summed E-state index contributed by atoms with van der Waals surface area (Å²) in [7, 11) is 0. The summed E-state index contributed by atoms with van der Waals surface area (Å²) in [6, 6.07) is 0.348. The smallest absolute Gasteiger partial charge is 0.317 e. The highest BCUT2D eigenvalue weighted by Gasteiger charge is 2.30. The van der Waals surface area contributed by atoms with Gasteiger partial charge in [0.1, 0.15) is 0 Å². The van der Waals surface area contributed by atoms with E-state index in [-0.39, 0.29) is 6.03 Å². The molecule has 0 bridgehead atoms. The number of carbonyl (C=O) groups excluding carboxylic acids is 2. The average molecular weight is 196 g/mol. The number of nitrogens with zero attached hydrogens (tertiary/aromatic N) is 2. The van der Waals surface area contributed by atoms with Crippen LogP contribution in [0.2, 0.25) is 0 Å². The van der Waals surface area contributed by atoms with Gasteiger partial charge in [0.05, 0.1) is 0 Å². The van der Waals surface area contributed by atoms with Crippen LogP contribution in [0.3, 0.4) is 0 Å². The first-order valence-electron chi connectivity index (χ1n) is 4.98. The van der Waals surface area contributed by atoms with Gasteiger partial charge < -0.3 is 15.1 Å². The minimum atomic E-state index is 0.0403. The fraction of sp³-hybridized carbons (Fsp3) is 0.778. The highest BCUT2D eigenvalue weighted by molar-refractivity contribution is 5.76. The van der Waals surface area contributed by atoms with E-state index in [1.54, 1.807) is 4.90 Å². The van der Waals surface area contributed by atoms with Crippen LogP contribution in [0.1, 0.15) is 12.8 Å². The predicted molar refractivity (Wildman–Crippen MR) is 50.4 cm³/mol. The molecule has 0 aliphatic carbocycles. The van der Waals surface area contributed by atoms with E-state index in [2.05, 4.69) is 5.32 Å². The molecule has 0 unspecified atom stereocenters. The number of carbonyl (C=O) groups is 1. The third-order valence-electron chi connectivity index (χ3n) is 2.92. The second-order valence-electron chi connectivity index (χ2n) is 3.73. The van der Waals surface area contributed by atoms with Gasteiger partial charge >= 0.3 is 12.4 Å². The summed E-state index contributed by atoms with van der Waals surface area (Å²) in [5.41, 5.74) is 0. The zero-order chi connectivity index (χ0) is 9.97. The van der Waals surface area contributed by atoms with Crippen LogP contribution in [0.15, 0.2) is 0 Å². The van der Waals surface area contributed by atoms with Gasteiger partial charge in [0.2, 0.25) is 0 Å². The van der Waals surface area contributed by atoms with Crippen molar-refractivity contribution in [3.63, 3.8) is 0 Å². The van der Waals surface area contributed by atoms with Gasteiger partial charge in [-0.05, 0) is 12.8 Å². The lowest BCUT2D eigenvalue weighted by molar-refractivity contribution is 0.163. The van der Waals surface area contributed by atoms with Gasteiger partial charge in [0.15, 0.2) is 0 Å². The van der Waals surface area contributed by atoms with Crippen LogP contribution in [0.5, 0.6) is 0 Å². The monoisotopic (exact) mass is 196 g/mol. The van der Waals surface area contributed by atoms with Crippen LogP contribution >= 0.6 is 0 Å². The number of rotatable bonds is 2. The van der Waals surface area contributed by atoms with E-state index in [0.29, 0.717) is 6.04 Å². The summed E-state index contributed by atoms with van der Waals surface area (Å²) in [6.07, 6.45) is 3.65. The Bertz CT molecular complexity index is 236. The summed E-state index contributed by atoms with van der Waals surface area (Å²) in [5.74, 6) is 0. The van der Waals surface area contributed by atoms with Gasteiger partial charge in [-0.1, -0.05) is 0 Å². The van der Waals surface area contributed by atoms with E-state index in [1.807, 2.05) is 11.3 Å². The van der Waals surface area contributed by atoms with E-state index in [1.165, 1.54) is 0 Å². The molecular weight excluding hydrogens is 182 g/mol. The number of piperidine rings is 1. The molecule has 77 valence electrons. The van der Waals surface area contributed by atoms with E-state index in [0.717, 1.165) is 39.0 Å². The van der Waals surface area contributed by atoms with Gasteiger partial charge in [0, 0.05) is 32.2 Å². The fourth-order valence-corrected chi connectivity index (χ4v) is 2.10. The molecule has 0 saturated carbocycles.